The number of aliphatic hydroxyl groups is 1. The summed E-state index contributed by atoms with van der Waals surface area (Å²) < 4.78 is 5.03. The minimum Gasteiger partial charge on any atom is -0.423 e. The molecule has 1 saturated heterocycles. The van der Waals surface area contributed by atoms with Crippen molar-refractivity contribution in [2.75, 3.05) is 13.1 Å². The van der Waals surface area contributed by atoms with Crippen LogP contribution in [0.4, 0.5) is 0 Å². The van der Waals surface area contributed by atoms with Crippen molar-refractivity contribution in [2.24, 2.45) is 5.84 Å². The van der Waals surface area contributed by atoms with E-state index >= 15 is 0 Å². The van der Waals surface area contributed by atoms with Gasteiger partial charge in [-0.3, -0.25) is 20.9 Å². The first-order chi connectivity index (χ1) is 21.2. The van der Waals surface area contributed by atoms with Gasteiger partial charge in [-0.25, -0.2) is 0 Å². The number of hydrazine groups is 1. The van der Waals surface area contributed by atoms with Gasteiger partial charge in [0.15, 0.2) is 6.29 Å². The molecule has 0 bridgehead atoms. The Kier molecular flexibility index (Phi) is 19.5. The third-order valence-electron chi connectivity index (χ3n) is 8.08. The lowest BCUT2D eigenvalue weighted by molar-refractivity contribution is -0.121. The van der Waals surface area contributed by atoms with Crippen LogP contribution in [0.3, 0.4) is 0 Å². The lowest BCUT2D eigenvalue weighted by Gasteiger charge is -2.12. The molecule has 0 aromatic heterocycles. The summed E-state index contributed by atoms with van der Waals surface area (Å²) in [7, 11) is -3.61. The molecule has 1 aromatic carbocycles. The molecule has 10 N–H and O–H groups in total. The van der Waals surface area contributed by atoms with E-state index < -0.39 is 20.5 Å². The lowest BCUT2D eigenvalue weighted by atomic mass is 9.72. The van der Waals surface area contributed by atoms with Crippen molar-refractivity contribution in [3.05, 3.63) is 23.8 Å². The Bertz CT molecular complexity index is 933. The summed E-state index contributed by atoms with van der Waals surface area (Å²) in [5.41, 5.74) is 2.89. The second-order valence-electron chi connectivity index (χ2n) is 11.8. The average Bonchev–Trinajstić information content (AvgIpc) is 3.73. The van der Waals surface area contributed by atoms with Gasteiger partial charge in [-0.05, 0) is 55.2 Å². The molecule has 2 amide bonds. The highest BCUT2D eigenvalue weighted by atomic mass is 16.7. The third-order valence-corrected chi connectivity index (χ3v) is 8.08. The van der Waals surface area contributed by atoms with Gasteiger partial charge in [0.2, 0.25) is 5.91 Å². The molecule has 1 aliphatic rings. The summed E-state index contributed by atoms with van der Waals surface area (Å²) in [4.78, 5) is 24.4. The predicted molar refractivity (Wildman–Crippen MR) is 172 cm³/mol. The summed E-state index contributed by atoms with van der Waals surface area (Å²) in [6.07, 6.45) is 17.0. The van der Waals surface area contributed by atoms with Crippen molar-refractivity contribution in [3.63, 3.8) is 0 Å². The number of hydrogen-bond donors (Lipinski definition) is 9. The standard InChI is InChI=1S/C30H54B2N4O8/c33-36-26(28-30(39)44-28)16-13-15-18-34-27(37)17-12-10-8-6-4-2-1-3-5-7-9-11-14-19-35-29(38)23-20-24(31(40)41)22-25(21-23)32(42)43/h20-22,26,28,30,36,39-43H,1-19,33H2,(H,34,37)(H,35,38)/t26-,28?,30?/m0/s1. The maximum Gasteiger partial charge on any atom is 0.488 e. The van der Waals surface area contributed by atoms with Crippen molar-refractivity contribution >= 4 is 37.0 Å². The molecule has 12 nitrogen and oxygen atoms in total. The van der Waals surface area contributed by atoms with Gasteiger partial charge >= 0.3 is 14.2 Å². The van der Waals surface area contributed by atoms with E-state index in [2.05, 4.69) is 16.1 Å². The number of unbranched alkanes of at least 4 members (excludes halogenated alkanes) is 13. The zero-order valence-corrected chi connectivity index (χ0v) is 26.1. The van der Waals surface area contributed by atoms with Gasteiger partial charge in [0.1, 0.15) is 6.10 Å². The zero-order valence-electron chi connectivity index (χ0n) is 26.1. The summed E-state index contributed by atoms with van der Waals surface area (Å²) in [6.45, 7) is 1.17. The van der Waals surface area contributed by atoms with Crippen LogP contribution in [0.2, 0.25) is 0 Å². The van der Waals surface area contributed by atoms with Crippen LogP contribution in [-0.2, 0) is 9.53 Å². The molecule has 1 heterocycles. The minimum absolute atomic E-state index is 0.0280. The topological polar surface area (TPSA) is 210 Å². The predicted octanol–water partition coefficient (Wildman–Crippen LogP) is 0.0730. The van der Waals surface area contributed by atoms with E-state index in [1.54, 1.807) is 0 Å². The number of ether oxygens (including phenoxy) is 1. The van der Waals surface area contributed by atoms with Gasteiger partial charge in [-0.15, -0.1) is 0 Å². The van der Waals surface area contributed by atoms with Crippen LogP contribution in [0, 0.1) is 0 Å². The third kappa shape index (κ3) is 16.3. The van der Waals surface area contributed by atoms with E-state index in [0.29, 0.717) is 19.5 Å². The largest absolute Gasteiger partial charge is 0.488 e. The molecule has 0 spiro atoms. The maximum atomic E-state index is 12.4. The summed E-state index contributed by atoms with van der Waals surface area (Å²) in [5, 5.41) is 52.6. The number of epoxide rings is 1. The quantitative estimate of drug-likeness (QED) is 0.0224. The zero-order chi connectivity index (χ0) is 32.2. The fourth-order valence-corrected chi connectivity index (χ4v) is 5.32. The van der Waals surface area contributed by atoms with Crippen molar-refractivity contribution in [3.8, 4) is 0 Å². The van der Waals surface area contributed by atoms with Crippen molar-refractivity contribution < 1.29 is 39.5 Å². The molecule has 2 unspecified atom stereocenters. The summed E-state index contributed by atoms with van der Waals surface area (Å²) >= 11 is 0. The van der Waals surface area contributed by atoms with Crippen molar-refractivity contribution in [2.45, 2.75) is 128 Å². The Balaban J connectivity index is 1.33. The molecule has 0 radical (unpaired) electrons. The molecular weight excluding hydrogens is 566 g/mol. The van der Waals surface area contributed by atoms with Crippen LogP contribution < -0.4 is 32.8 Å². The molecule has 3 atom stereocenters. The van der Waals surface area contributed by atoms with Gasteiger partial charge in [0.25, 0.3) is 5.91 Å². The molecule has 44 heavy (non-hydrogen) atoms. The van der Waals surface area contributed by atoms with E-state index in [4.69, 9.17) is 10.6 Å². The van der Waals surface area contributed by atoms with E-state index in [1.807, 2.05) is 0 Å². The first kappa shape index (κ1) is 38.2. The van der Waals surface area contributed by atoms with Crippen LogP contribution >= 0.6 is 0 Å². The van der Waals surface area contributed by atoms with Crippen molar-refractivity contribution in [1.29, 1.82) is 0 Å². The number of carbonyl (C=O) groups is 2. The highest BCUT2D eigenvalue weighted by Crippen LogP contribution is 2.24. The van der Waals surface area contributed by atoms with Gasteiger partial charge in [0, 0.05) is 25.1 Å². The fourth-order valence-electron chi connectivity index (χ4n) is 5.32. The average molecular weight is 620 g/mol. The van der Waals surface area contributed by atoms with Crippen LogP contribution in [-0.4, -0.2) is 82.8 Å². The lowest BCUT2D eigenvalue weighted by Crippen LogP contribution is -2.40. The number of benzene rings is 1. The first-order valence-corrected chi connectivity index (χ1v) is 16.4. The Hall–Kier alpha value is -2.03. The van der Waals surface area contributed by atoms with Crippen molar-refractivity contribution in [1.82, 2.24) is 16.1 Å². The number of carbonyl (C=O) groups excluding carboxylic acids is 2. The highest BCUT2D eigenvalue weighted by Gasteiger charge is 2.42. The molecule has 1 aromatic rings. The van der Waals surface area contributed by atoms with Gasteiger partial charge < -0.3 is 40.6 Å². The minimum atomic E-state index is -1.81. The van der Waals surface area contributed by atoms with E-state index in [9.17, 15) is 34.8 Å². The van der Waals surface area contributed by atoms with E-state index in [1.165, 1.54) is 69.6 Å². The Morgan fingerprint density at radius 3 is 1.66 bits per heavy atom. The molecular formula is C30H54B2N4O8. The SMILES string of the molecule is NN[C@@H](CCCCNC(=O)CCCCCCCCCCCCCCCNC(=O)c1cc(B(O)O)cc(B(O)O)c1)C1OC1O. The maximum absolute atomic E-state index is 12.4. The molecule has 2 rings (SSSR count). The molecule has 0 saturated carbocycles. The van der Waals surface area contributed by atoms with Gasteiger partial charge in [-0.2, -0.15) is 0 Å². The first-order valence-electron chi connectivity index (χ1n) is 16.4. The molecule has 248 valence electrons. The normalized spacial score (nSPS) is 16.4. The fraction of sp³-hybridized carbons (Fsp3) is 0.733. The molecule has 14 heteroatoms. The second kappa shape index (κ2) is 22.5. The number of hydrogen-bond acceptors (Lipinski definition) is 10. The number of aliphatic hydroxyl groups excluding tert-OH is 1. The van der Waals surface area contributed by atoms with Crippen LogP contribution in [0.5, 0.6) is 0 Å². The number of nitrogens with one attached hydrogen (secondary N) is 3. The molecule has 0 aliphatic carbocycles. The number of rotatable bonds is 26. The van der Waals surface area contributed by atoms with Crippen LogP contribution in [0.15, 0.2) is 18.2 Å². The summed E-state index contributed by atoms with van der Waals surface area (Å²) in [5.74, 6) is 5.22. The van der Waals surface area contributed by atoms with Crippen LogP contribution in [0.1, 0.15) is 120 Å². The number of nitrogens with two attached hydrogens (primary N) is 1. The van der Waals surface area contributed by atoms with Gasteiger partial charge in [-0.1, -0.05) is 76.7 Å². The smallest absolute Gasteiger partial charge is 0.423 e. The highest BCUT2D eigenvalue weighted by molar-refractivity contribution is 6.62. The second-order valence-corrected chi connectivity index (χ2v) is 11.8. The Morgan fingerprint density at radius 2 is 1.18 bits per heavy atom. The van der Waals surface area contributed by atoms with E-state index in [-0.39, 0.29) is 40.4 Å². The van der Waals surface area contributed by atoms with Gasteiger partial charge in [0.05, 0.1) is 6.04 Å². The Labute approximate surface area is 262 Å². The van der Waals surface area contributed by atoms with Crippen LogP contribution in [0.25, 0.3) is 0 Å². The molecule has 1 aliphatic heterocycles. The monoisotopic (exact) mass is 620 g/mol. The number of amides is 2. The molecule has 1 fully saturated rings. The van der Waals surface area contributed by atoms with E-state index in [0.717, 1.165) is 51.4 Å². The summed E-state index contributed by atoms with van der Waals surface area (Å²) in [6, 6.07) is 3.85. The Morgan fingerprint density at radius 1 is 0.727 bits per heavy atom.